The van der Waals surface area contributed by atoms with Crippen molar-refractivity contribution in [2.75, 3.05) is 17.7 Å². The van der Waals surface area contributed by atoms with Gasteiger partial charge in [0.15, 0.2) is 0 Å². The predicted molar refractivity (Wildman–Crippen MR) is 74.1 cm³/mol. The van der Waals surface area contributed by atoms with E-state index >= 15 is 0 Å². The number of pyridine rings is 1. The number of anilines is 2. The molecular formula is C13H16F3N5. The van der Waals surface area contributed by atoms with E-state index in [0.717, 1.165) is 23.4 Å². The van der Waals surface area contributed by atoms with E-state index < -0.39 is 11.7 Å². The van der Waals surface area contributed by atoms with E-state index in [2.05, 4.69) is 20.7 Å². The molecule has 0 aliphatic rings. The minimum absolute atomic E-state index is 0.162. The van der Waals surface area contributed by atoms with Crippen LogP contribution in [-0.2, 0) is 19.8 Å². The van der Waals surface area contributed by atoms with Crippen molar-refractivity contribution in [3.05, 3.63) is 35.2 Å². The summed E-state index contributed by atoms with van der Waals surface area (Å²) in [5.41, 5.74) is 1.11. The van der Waals surface area contributed by atoms with Crippen molar-refractivity contribution in [1.29, 1.82) is 0 Å². The number of nitrogens with zero attached hydrogens (tertiary/aromatic N) is 3. The zero-order chi connectivity index (χ0) is 15.6. The van der Waals surface area contributed by atoms with Gasteiger partial charge >= 0.3 is 6.18 Å². The third-order valence-electron chi connectivity index (χ3n) is 3.21. The third-order valence-corrected chi connectivity index (χ3v) is 3.21. The summed E-state index contributed by atoms with van der Waals surface area (Å²) in [5.74, 6) is 0.327. The first-order chi connectivity index (χ1) is 9.81. The molecular weight excluding hydrogens is 283 g/mol. The van der Waals surface area contributed by atoms with Crippen molar-refractivity contribution in [3.63, 3.8) is 0 Å². The lowest BCUT2D eigenvalue weighted by Crippen LogP contribution is -2.10. The lowest BCUT2D eigenvalue weighted by molar-refractivity contribution is -0.137. The molecule has 0 radical (unpaired) electrons. The van der Waals surface area contributed by atoms with E-state index in [1.54, 1.807) is 17.9 Å². The molecule has 0 bridgehead atoms. The van der Waals surface area contributed by atoms with Crippen molar-refractivity contribution in [1.82, 2.24) is 14.8 Å². The SMILES string of the molecule is CNc1cc(C(F)(F)F)cc(NCc2cnn(C)c2C)n1. The van der Waals surface area contributed by atoms with Gasteiger partial charge in [-0.25, -0.2) is 4.98 Å². The summed E-state index contributed by atoms with van der Waals surface area (Å²) < 4.78 is 40.2. The summed E-state index contributed by atoms with van der Waals surface area (Å²) in [7, 11) is 3.33. The van der Waals surface area contributed by atoms with Crippen molar-refractivity contribution < 1.29 is 13.2 Å². The number of halogens is 3. The fraction of sp³-hybridized carbons (Fsp3) is 0.385. The summed E-state index contributed by atoms with van der Waals surface area (Å²) in [6.45, 7) is 2.25. The molecule has 0 aromatic carbocycles. The van der Waals surface area contributed by atoms with Gasteiger partial charge in [-0.05, 0) is 19.1 Å². The first-order valence-corrected chi connectivity index (χ1v) is 6.29. The normalized spacial score (nSPS) is 11.5. The number of alkyl halides is 3. The second-order valence-electron chi connectivity index (χ2n) is 4.61. The highest BCUT2D eigenvalue weighted by Crippen LogP contribution is 2.32. The number of hydrogen-bond donors (Lipinski definition) is 2. The second kappa shape index (κ2) is 5.63. The van der Waals surface area contributed by atoms with Crippen LogP contribution < -0.4 is 10.6 Å². The lowest BCUT2D eigenvalue weighted by Gasteiger charge is -2.12. The molecule has 0 atom stereocenters. The second-order valence-corrected chi connectivity index (χ2v) is 4.61. The highest BCUT2D eigenvalue weighted by atomic mass is 19.4. The quantitative estimate of drug-likeness (QED) is 0.911. The minimum atomic E-state index is -4.41. The molecule has 0 unspecified atom stereocenters. The Balaban J connectivity index is 2.21. The van der Waals surface area contributed by atoms with E-state index in [-0.39, 0.29) is 11.6 Å². The Morgan fingerprint density at radius 3 is 2.43 bits per heavy atom. The van der Waals surface area contributed by atoms with Crippen molar-refractivity contribution in [2.24, 2.45) is 7.05 Å². The molecule has 0 spiro atoms. The number of nitrogens with one attached hydrogen (secondary N) is 2. The Kier molecular flexibility index (Phi) is 4.06. The number of rotatable bonds is 4. The Bertz CT molecular complexity index is 633. The lowest BCUT2D eigenvalue weighted by atomic mass is 10.2. The first kappa shape index (κ1) is 15.1. The Morgan fingerprint density at radius 1 is 1.24 bits per heavy atom. The number of hydrogen-bond acceptors (Lipinski definition) is 4. The van der Waals surface area contributed by atoms with Crippen LogP contribution >= 0.6 is 0 Å². The molecule has 21 heavy (non-hydrogen) atoms. The molecule has 0 aliphatic carbocycles. The average Bonchev–Trinajstić information content (AvgIpc) is 2.75. The van der Waals surface area contributed by atoms with Crippen LogP contribution in [0.3, 0.4) is 0 Å². The molecule has 5 nitrogen and oxygen atoms in total. The first-order valence-electron chi connectivity index (χ1n) is 6.29. The summed E-state index contributed by atoms with van der Waals surface area (Å²) in [4.78, 5) is 4.07. The van der Waals surface area contributed by atoms with Crippen molar-refractivity contribution in [2.45, 2.75) is 19.6 Å². The van der Waals surface area contributed by atoms with Gasteiger partial charge in [-0.2, -0.15) is 18.3 Å². The van der Waals surface area contributed by atoms with Crippen LogP contribution in [0.2, 0.25) is 0 Å². The van der Waals surface area contributed by atoms with E-state index in [4.69, 9.17) is 0 Å². The fourth-order valence-electron chi connectivity index (χ4n) is 1.82. The van der Waals surface area contributed by atoms with Crippen LogP contribution in [0.4, 0.5) is 24.8 Å². The van der Waals surface area contributed by atoms with Gasteiger partial charge in [-0.1, -0.05) is 0 Å². The largest absolute Gasteiger partial charge is 0.416 e. The van der Waals surface area contributed by atoms with Crippen LogP contribution in [0.5, 0.6) is 0 Å². The van der Waals surface area contributed by atoms with Crippen molar-refractivity contribution in [3.8, 4) is 0 Å². The van der Waals surface area contributed by atoms with Gasteiger partial charge in [0, 0.05) is 31.9 Å². The molecule has 2 heterocycles. The van der Waals surface area contributed by atoms with Gasteiger partial charge in [0.2, 0.25) is 0 Å². The van der Waals surface area contributed by atoms with Gasteiger partial charge in [-0.15, -0.1) is 0 Å². The molecule has 0 aliphatic heterocycles. The number of aryl methyl sites for hydroxylation is 1. The standard InChI is InChI=1S/C13H16F3N5/c1-8-9(7-19-21(8)3)6-18-12-5-10(13(14,15)16)4-11(17-2)20-12/h4-5,7H,6H2,1-3H3,(H2,17,18,20). The summed E-state index contributed by atoms with van der Waals surface area (Å²) >= 11 is 0. The van der Waals surface area contributed by atoms with E-state index in [1.807, 2.05) is 6.92 Å². The topological polar surface area (TPSA) is 54.8 Å². The van der Waals surface area contributed by atoms with Crippen LogP contribution in [-0.4, -0.2) is 21.8 Å². The summed E-state index contributed by atoms with van der Waals surface area (Å²) in [5, 5.41) is 9.61. The molecule has 2 aromatic heterocycles. The maximum Gasteiger partial charge on any atom is 0.416 e. The smallest absolute Gasteiger partial charge is 0.373 e. The van der Waals surface area contributed by atoms with E-state index in [9.17, 15) is 13.2 Å². The zero-order valence-corrected chi connectivity index (χ0v) is 11.9. The van der Waals surface area contributed by atoms with Crippen LogP contribution in [0.15, 0.2) is 18.3 Å². The third kappa shape index (κ3) is 3.45. The molecule has 2 aromatic rings. The Labute approximate surface area is 120 Å². The monoisotopic (exact) mass is 299 g/mol. The van der Waals surface area contributed by atoms with Gasteiger partial charge < -0.3 is 10.6 Å². The number of aromatic nitrogens is 3. The van der Waals surface area contributed by atoms with Crippen molar-refractivity contribution >= 4 is 11.6 Å². The Hall–Kier alpha value is -2.25. The van der Waals surface area contributed by atoms with Crippen LogP contribution in [0, 0.1) is 6.92 Å². The van der Waals surface area contributed by atoms with E-state index in [0.29, 0.717) is 6.54 Å². The van der Waals surface area contributed by atoms with Crippen LogP contribution in [0.1, 0.15) is 16.8 Å². The van der Waals surface area contributed by atoms with Gasteiger partial charge in [-0.3, -0.25) is 4.68 Å². The maximum atomic E-state index is 12.8. The minimum Gasteiger partial charge on any atom is -0.373 e. The molecule has 0 fully saturated rings. The Morgan fingerprint density at radius 2 is 1.90 bits per heavy atom. The molecule has 2 rings (SSSR count). The van der Waals surface area contributed by atoms with E-state index in [1.165, 1.54) is 7.05 Å². The summed E-state index contributed by atoms with van der Waals surface area (Å²) in [6.07, 6.45) is -2.73. The fourth-order valence-corrected chi connectivity index (χ4v) is 1.82. The molecule has 2 N–H and O–H groups in total. The molecule has 114 valence electrons. The van der Waals surface area contributed by atoms with Gasteiger partial charge in [0.25, 0.3) is 0 Å². The molecule has 0 saturated heterocycles. The van der Waals surface area contributed by atoms with Gasteiger partial charge in [0.1, 0.15) is 11.6 Å². The van der Waals surface area contributed by atoms with Gasteiger partial charge in [0.05, 0.1) is 11.8 Å². The highest BCUT2D eigenvalue weighted by Gasteiger charge is 2.31. The average molecular weight is 299 g/mol. The molecule has 0 amide bonds. The molecule has 0 saturated carbocycles. The molecule has 8 heteroatoms. The zero-order valence-electron chi connectivity index (χ0n) is 11.9. The van der Waals surface area contributed by atoms with Crippen LogP contribution in [0.25, 0.3) is 0 Å². The summed E-state index contributed by atoms with van der Waals surface area (Å²) in [6, 6.07) is 1.97. The predicted octanol–water partition coefficient (Wildman–Crippen LogP) is 2.80. The highest BCUT2D eigenvalue weighted by molar-refractivity contribution is 5.49. The maximum absolute atomic E-state index is 12.8.